The summed E-state index contributed by atoms with van der Waals surface area (Å²) in [6.07, 6.45) is 5.29. The van der Waals surface area contributed by atoms with Gasteiger partial charge >= 0.3 is 0 Å². The molecule has 0 aromatic heterocycles. The van der Waals surface area contributed by atoms with Gasteiger partial charge in [0.1, 0.15) is 0 Å². The number of aryl methyl sites for hydroxylation is 1. The summed E-state index contributed by atoms with van der Waals surface area (Å²) in [4.78, 5) is 0. The number of fused-ring (bicyclic) bond motifs is 1. The van der Waals surface area contributed by atoms with Crippen LogP contribution in [0, 0.1) is 5.41 Å². The monoisotopic (exact) mass is 230 g/mol. The highest BCUT2D eigenvalue weighted by molar-refractivity contribution is 5.54. The Kier molecular flexibility index (Phi) is 2.83. The largest absolute Gasteiger partial charge is 0.385 e. The minimum absolute atomic E-state index is 0.607. The second-order valence-electron chi connectivity index (χ2n) is 5.94. The lowest BCUT2D eigenvalue weighted by molar-refractivity contribution is 0.499. The summed E-state index contributed by atoms with van der Waals surface area (Å²) in [6.45, 7) is 5.69. The second kappa shape index (κ2) is 4.34. The predicted molar refractivity (Wildman–Crippen MR) is 72.3 cm³/mol. The summed E-state index contributed by atoms with van der Waals surface area (Å²) < 4.78 is 0. The Labute approximate surface area is 104 Å². The molecule has 1 aromatic rings. The van der Waals surface area contributed by atoms with Crippen molar-refractivity contribution in [2.75, 3.05) is 18.4 Å². The van der Waals surface area contributed by atoms with Crippen LogP contribution in [0.4, 0.5) is 5.69 Å². The van der Waals surface area contributed by atoms with E-state index < -0.39 is 0 Å². The number of anilines is 1. The summed E-state index contributed by atoms with van der Waals surface area (Å²) in [5.74, 6) is 0. The molecule has 0 radical (unpaired) electrons. The average Bonchev–Trinajstić information content (AvgIpc) is 3.07. The van der Waals surface area contributed by atoms with Gasteiger partial charge in [0.15, 0.2) is 0 Å². The zero-order chi connectivity index (χ0) is 11.7. The van der Waals surface area contributed by atoms with Crippen LogP contribution in [0.1, 0.15) is 37.3 Å². The van der Waals surface area contributed by atoms with Crippen LogP contribution in [-0.2, 0) is 13.0 Å². The molecule has 0 unspecified atom stereocenters. The zero-order valence-electron chi connectivity index (χ0n) is 10.7. The summed E-state index contributed by atoms with van der Waals surface area (Å²) in [5.41, 5.74) is 4.87. The molecule has 1 saturated carbocycles. The molecule has 0 spiro atoms. The van der Waals surface area contributed by atoms with Crippen molar-refractivity contribution in [3.63, 3.8) is 0 Å². The van der Waals surface area contributed by atoms with E-state index in [1.165, 1.54) is 49.0 Å². The van der Waals surface area contributed by atoms with Crippen LogP contribution < -0.4 is 10.6 Å². The minimum atomic E-state index is 0.607. The van der Waals surface area contributed by atoms with Gasteiger partial charge in [0.05, 0.1) is 0 Å². The Morgan fingerprint density at radius 3 is 3.06 bits per heavy atom. The molecule has 2 N–H and O–H groups in total. The van der Waals surface area contributed by atoms with Crippen LogP contribution >= 0.6 is 0 Å². The van der Waals surface area contributed by atoms with Gasteiger partial charge in [0.2, 0.25) is 0 Å². The van der Waals surface area contributed by atoms with Crippen molar-refractivity contribution in [3.8, 4) is 0 Å². The Bertz CT molecular complexity index is 407. The Morgan fingerprint density at radius 1 is 1.35 bits per heavy atom. The topological polar surface area (TPSA) is 24.1 Å². The number of nitrogens with one attached hydrogen (secondary N) is 2. The summed E-state index contributed by atoms with van der Waals surface area (Å²) in [6, 6.07) is 6.85. The van der Waals surface area contributed by atoms with Crippen molar-refractivity contribution in [3.05, 3.63) is 29.3 Å². The molecule has 2 heteroatoms. The molecule has 2 nitrogen and oxygen atoms in total. The van der Waals surface area contributed by atoms with E-state index in [-0.39, 0.29) is 0 Å². The lowest BCUT2D eigenvalue weighted by atomic mass is 10.0. The molecule has 1 heterocycles. The van der Waals surface area contributed by atoms with Crippen LogP contribution in [0.2, 0.25) is 0 Å². The molecule has 3 rings (SSSR count). The molecule has 92 valence electrons. The third-order valence-corrected chi connectivity index (χ3v) is 4.09. The molecule has 0 saturated heterocycles. The van der Waals surface area contributed by atoms with Gasteiger partial charge in [-0.05, 0) is 48.3 Å². The Balaban J connectivity index is 1.59. The van der Waals surface area contributed by atoms with Gasteiger partial charge in [-0.25, -0.2) is 0 Å². The highest BCUT2D eigenvalue weighted by atomic mass is 14.9. The first-order valence-electron chi connectivity index (χ1n) is 6.82. The van der Waals surface area contributed by atoms with E-state index in [0.29, 0.717) is 5.41 Å². The van der Waals surface area contributed by atoms with E-state index >= 15 is 0 Å². The third-order valence-electron chi connectivity index (χ3n) is 4.09. The molecule has 0 atom stereocenters. The van der Waals surface area contributed by atoms with Crippen molar-refractivity contribution in [2.45, 2.75) is 39.2 Å². The lowest BCUT2D eigenvalue weighted by Crippen LogP contribution is -2.21. The molecule has 1 aliphatic heterocycles. The van der Waals surface area contributed by atoms with Crippen molar-refractivity contribution in [1.82, 2.24) is 5.32 Å². The van der Waals surface area contributed by atoms with Gasteiger partial charge in [-0.2, -0.15) is 0 Å². The van der Waals surface area contributed by atoms with Crippen LogP contribution in [-0.4, -0.2) is 13.1 Å². The van der Waals surface area contributed by atoms with Crippen LogP contribution in [0.3, 0.4) is 0 Å². The van der Waals surface area contributed by atoms with Gasteiger partial charge in [0, 0.05) is 25.3 Å². The second-order valence-corrected chi connectivity index (χ2v) is 5.94. The lowest BCUT2D eigenvalue weighted by Gasteiger charge is -2.19. The predicted octanol–water partition coefficient (Wildman–Crippen LogP) is 2.93. The Hall–Kier alpha value is -1.02. The van der Waals surface area contributed by atoms with E-state index in [2.05, 4.69) is 35.8 Å². The number of hydrogen-bond donors (Lipinski definition) is 2. The normalized spacial score (nSPS) is 20.5. The van der Waals surface area contributed by atoms with Gasteiger partial charge < -0.3 is 10.6 Å². The standard InChI is InChI=1S/C15H22N2/c1-15(6-7-15)11-16-10-12-4-5-14-13(9-12)3-2-8-17-14/h4-5,9,16-17H,2-3,6-8,10-11H2,1H3. The maximum atomic E-state index is 3.59. The van der Waals surface area contributed by atoms with Gasteiger partial charge in [-0.1, -0.05) is 19.1 Å². The number of benzene rings is 1. The fourth-order valence-electron chi connectivity index (χ4n) is 2.54. The summed E-state index contributed by atoms with van der Waals surface area (Å²) in [5, 5.41) is 7.05. The van der Waals surface area contributed by atoms with Crippen LogP contribution in [0.15, 0.2) is 18.2 Å². The van der Waals surface area contributed by atoms with Gasteiger partial charge in [-0.15, -0.1) is 0 Å². The molecule has 0 amide bonds. The molecule has 1 fully saturated rings. The minimum Gasteiger partial charge on any atom is -0.385 e. The molecule has 17 heavy (non-hydrogen) atoms. The summed E-state index contributed by atoms with van der Waals surface area (Å²) >= 11 is 0. The number of rotatable bonds is 4. The quantitative estimate of drug-likeness (QED) is 0.831. The molecule has 2 aliphatic rings. The van der Waals surface area contributed by atoms with E-state index in [4.69, 9.17) is 0 Å². The average molecular weight is 230 g/mol. The van der Waals surface area contributed by atoms with Crippen molar-refractivity contribution in [1.29, 1.82) is 0 Å². The molecule has 0 bridgehead atoms. The van der Waals surface area contributed by atoms with Crippen LogP contribution in [0.5, 0.6) is 0 Å². The van der Waals surface area contributed by atoms with E-state index in [0.717, 1.165) is 13.1 Å². The zero-order valence-corrected chi connectivity index (χ0v) is 10.7. The first kappa shape index (κ1) is 11.1. The van der Waals surface area contributed by atoms with Crippen molar-refractivity contribution >= 4 is 5.69 Å². The third kappa shape index (κ3) is 2.63. The van der Waals surface area contributed by atoms with Crippen molar-refractivity contribution < 1.29 is 0 Å². The first-order valence-corrected chi connectivity index (χ1v) is 6.82. The highest BCUT2D eigenvalue weighted by Gasteiger charge is 2.36. The molecular weight excluding hydrogens is 208 g/mol. The molecule has 1 aliphatic carbocycles. The number of hydrogen-bond acceptors (Lipinski definition) is 2. The maximum Gasteiger partial charge on any atom is 0.0372 e. The van der Waals surface area contributed by atoms with Gasteiger partial charge in [0.25, 0.3) is 0 Å². The van der Waals surface area contributed by atoms with E-state index in [9.17, 15) is 0 Å². The van der Waals surface area contributed by atoms with E-state index in [1.807, 2.05) is 0 Å². The fraction of sp³-hybridized carbons (Fsp3) is 0.600. The van der Waals surface area contributed by atoms with Crippen LogP contribution in [0.25, 0.3) is 0 Å². The molecule has 1 aromatic carbocycles. The van der Waals surface area contributed by atoms with E-state index in [1.54, 1.807) is 0 Å². The van der Waals surface area contributed by atoms with Crippen molar-refractivity contribution in [2.24, 2.45) is 5.41 Å². The summed E-state index contributed by atoms with van der Waals surface area (Å²) in [7, 11) is 0. The smallest absolute Gasteiger partial charge is 0.0372 e. The maximum absolute atomic E-state index is 3.59. The molecular formula is C15H22N2. The fourth-order valence-corrected chi connectivity index (χ4v) is 2.54. The Morgan fingerprint density at radius 2 is 2.24 bits per heavy atom. The van der Waals surface area contributed by atoms with Gasteiger partial charge in [-0.3, -0.25) is 0 Å². The SMILES string of the molecule is CC1(CNCc2ccc3c(c2)CCCN3)CC1. The first-order chi connectivity index (χ1) is 8.25. The highest BCUT2D eigenvalue weighted by Crippen LogP contribution is 2.44.